The SMILES string of the molecule is CN1C[C@H](CN)CNC(=O)C1=O. The van der Waals surface area contributed by atoms with Crippen molar-refractivity contribution in [2.45, 2.75) is 0 Å². The van der Waals surface area contributed by atoms with Crippen LogP contribution in [-0.2, 0) is 9.59 Å². The molecule has 12 heavy (non-hydrogen) atoms. The van der Waals surface area contributed by atoms with Gasteiger partial charge in [0, 0.05) is 26.1 Å². The standard InChI is InChI=1S/C7H13N3O2/c1-10-4-5(2-8)3-9-6(11)7(10)12/h5H,2-4,8H2,1H3,(H,9,11)/t5-/m1/s1. The minimum Gasteiger partial charge on any atom is -0.347 e. The molecule has 3 N–H and O–H groups in total. The van der Waals surface area contributed by atoms with Gasteiger partial charge in [-0.15, -0.1) is 0 Å². The van der Waals surface area contributed by atoms with E-state index in [1.807, 2.05) is 0 Å². The molecule has 0 bridgehead atoms. The number of rotatable bonds is 1. The number of hydrogen-bond acceptors (Lipinski definition) is 3. The summed E-state index contributed by atoms with van der Waals surface area (Å²) in [5.41, 5.74) is 5.44. The van der Waals surface area contributed by atoms with E-state index in [4.69, 9.17) is 5.73 Å². The number of nitrogens with zero attached hydrogens (tertiary/aromatic N) is 1. The van der Waals surface area contributed by atoms with E-state index in [2.05, 4.69) is 5.32 Å². The van der Waals surface area contributed by atoms with Crippen molar-refractivity contribution >= 4 is 11.8 Å². The third-order valence-corrected chi connectivity index (χ3v) is 1.96. The molecule has 0 aromatic rings. The summed E-state index contributed by atoms with van der Waals surface area (Å²) in [6, 6.07) is 0. The molecule has 0 aliphatic carbocycles. The second kappa shape index (κ2) is 3.53. The average molecular weight is 171 g/mol. The maximum absolute atomic E-state index is 11.1. The largest absolute Gasteiger partial charge is 0.347 e. The van der Waals surface area contributed by atoms with Crippen molar-refractivity contribution in [3.63, 3.8) is 0 Å². The second-order valence-corrected chi connectivity index (χ2v) is 3.00. The van der Waals surface area contributed by atoms with Gasteiger partial charge in [0.1, 0.15) is 0 Å². The van der Waals surface area contributed by atoms with Gasteiger partial charge in [0.05, 0.1) is 0 Å². The molecule has 5 heteroatoms. The highest BCUT2D eigenvalue weighted by Gasteiger charge is 2.25. The lowest BCUT2D eigenvalue weighted by atomic mass is 10.1. The summed E-state index contributed by atoms with van der Waals surface area (Å²) in [5.74, 6) is -0.843. The average Bonchev–Trinajstić information content (AvgIpc) is 2.19. The summed E-state index contributed by atoms with van der Waals surface area (Å²) in [5, 5.41) is 2.52. The first-order valence-electron chi connectivity index (χ1n) is 3.88. The molecule has 1 heterocycles. The quantitative estimate of drug-likeness (QED) is 0.455. The number of carbonyl (C=O) groups excluding carboxylic acids is 2. The van der Waals surface area contributed by atoms with Crippen LogP contribution in [0.5, 0.6) is 0 Å². The zero-order valence-corrected chi connectivity index (χ0v) is 7.04. The highest BCUT2D eigenvalue weighted by molar-refractivity contribution is 6.35. The van der Waals surface area contributed by atoms with E-state index in [0.717, 1.165) is 0 Å². The monoisotopic (exact) mass is 171 g/mol. The summed E-state index contributed by atoms with van der Waals surface area (Å²) in [6.07, 6.45) is 0. The van der Waals surface area contributed by atoms with Gasteiger partial charge in [-0.05, 0) is 6.54 Å². The Morgan fingerprint density at radius 2 is 2.33 bits per heavy atom. The van der Waals surface area contributed by atoms with Gasteiger partial charge in [0.25, 0.3) is 0 Å². The van der Waals surface area contributed by atoms with Gasteiger partial charge in [-0.25, -0.2) is 0 Å². The maximum Gasteiger partial charge on any atom is 0.311 e. The Kier molecular flexibility index (Phi) is 2.65. The first-order chi connectivity index (χ1) is 5.65. The molecular formula is C7H13N3O2. The number of nitrogens with one attached hydrogen (secondary N) is 1. The molecule has 0 saturated carbocycles. The van der Waals surface area contributed by atoms with Gasteiger partial charge in [0.2, 0.25) is 0 Å². The molecule has 5 nitrogen and oxygen atoms in total. The predicted octanol–water partition coefficient (Wildman–Crippen LogP) is -1.85. The van der Waals surface area contributed by atoms with Crippen molar-refractivity contribution < 1.29 is 9.59 Å². The van der Waals surface area contributed by atoms with E-state index in [1.54, 1.807) is 7.05 Å². The van der Waals surface area contributed by atoms with Crippen molar-refractivity contribution in [3.05, 3.63) is 0 Å². The van der Waals surface area contributed by atoms with Crippen LogP contribution in [-0.4, -0.2) is 43.4 Å². The van der Waals surface area contributed by atoms with E-state index >= 15 is 0 Å². The smallest absolute Gasteiger partial charge is 0.311 e. The van der Waals surface area contributed by atoms with Crippen LogP contribution < -0.4 is 11.1 Å². The van der Waals surface area contributed by atoms with Crippen molar-refractivity contribution in [1.82, 2.24) is 10.2 Å². The second-order valence-electron chi connectivity index (χ2n) is 3.00. The van der Waals surface area contributed by atoms with E-state index in [1.165, 1.54) is 4.90 Å². The van der Waals surface area contributed by atoms with Crippen LogP contribution in [0.15, 0.2) is 0 Å². The number of likely N-dealkylation sites (N-methyl/N-ethyl adjacent to an activating group) is 1. The third-order valence-electron chi connectivity index (χ3n) is 1.96. The van der Waals surface area contributed by atoms with Crippen LogP contribution in [0.1, 0.15) is 0 Å². The van der Waals surface area contributed by atoms with Crippen LogP contribution in [0.4, 0.5) is 0 Å². The fraction of sp³-hybridized carbons (Fsp3) is 0.714. The van der Waals surface area contributed by atoms with Crippen LogP contribution in [0.25, 0.3) is 0 Å². The van der Waals surface area contributed by atoms with E-state index < -0.39 is 11.8 Å². The summed E-state index contributed by atoms with van der Waals surface area (Å²) in [7, 11) is 1.61. The van der Waals surface area contributed by atoms with Crippen LogP contribution in [0, 0.1) is 5.92 Å². The fourth-order valence-electron chi connectivity index (χ4n) is 1.18. The maximum atomic E-state index is 11.1. The van der Waals surface area contributed by atoms with Crippen LogP contribution in [0.2, 0.25) is 0 Å². The van der Waals surface area contributed by atoms with Gasteiger partial charge in [-0.1, -0.05) is 0 Å². The summed E-state index contributed by atoms with van der Waals surface area (Å²) >= 11 is 0. The molecule has 1 aliphatic rings. The summed E-state index contributed by atoms with van der Waals surface area (Å²) < 4.78 is 0. The Hall–Kier alpha value is -1.10. The van der Waals surface area contributed by atoms with E-state index in [0.29, 0.717) is 19.6 Å². The zero-order valence-electron chi connectivity index (χ0n) is 7.04. The van der Waals surface area contributed by atoms with Crippen molar-refractivity contribution in [2.75, 3.05) is 26.7 Å². The fourth-order valence-corrected chi connectivity index (χ4v) is 1.18. The number of hydrogen-bond donors (Lipinski definition) is 2. The number of carbonyl (C=O) groups is 2. The van der Waals surface area contributed by atoms with Crippen molar-refractivity contribution in [3.8, 4) is 0 Å². The Morgan fingerprint density at radius 3 is 2.92 bits per heavy atom. The van der Waals surface area contributed by atoms with Gasteiger partial charge < -0.3 is 16.0 Å². The molecule has 1 rings (SSSR count). The Labute approximate surface area is 70.9 Å². The molecule has 1 aliphatic heterocycles. The summed E-state index contributed by atoms with van der Waals surface area (Å²) in [6.45, 7) is 1.53. The molecule has 0 unspecified atom stereocenters. The molecule has 0 radical (unpaired) electrons. The minimum atomic E-state index is -0.534. The molecule has 2 amide bonds. The first-order valence-corrected chi connectivity index (χ1v) is 3.88. The molecule has 1 atom stereocenters. The van der Waals surface area contributed by atoms with Crippen molar-refractivity contribution in [1.29, 1.82) is 0 Å². The highest BCUT2D eigenvalue weighted by Crippen LogP contribution is 2.00. The van der Waals surface area contributed by atoms with Crippen LogP contribution >= 0.6 is 0 Å². The lowest BCUT2D eigenvalue weighted by Gasteiger charge is -2.16. The van der Waals surface area contributed by atoms with Gasteiger partial charge in [-0.3, -0.25) is 9.59 Å². The molecule has 68 valence electrons. The lowest BCUT2D eigenvalue weighted by Crippen LogP contribution is -2.37. The molecular weight excluding hydrogens is 158 g/mol. The first kappa shape index (κ1) is 8.99. The minimum absolute atomic E-state index is 0.172. The van der Waals surface area contributed by atoms with Crippen molar-refractivity contribution in [2.24, 2.45) is 11.7 Å². The molecule has 0 aromatic carbocycles. The summed E-state index contributed by atoms with van der Waals surface area (Å²) in [4.78, 5) is 23.4. The highest BCUT2D eigenvalue weighted by atomic mass is 16.2. The van der Waals surface area contributed by atoms with E-state index in [-0.39, 0.29) is 5.92 Å². The predicted molar refractivity (Wildman–Crippen MR) is 43.2 cm³/mol. The van der Waals surface area contributed by atoms with Gasteiger partial charge in [-0.2, -0.15) is 0 Å². The normalized spacial score (nSPS) is 25.2. The molecule has 0 spiro atoms. The van der Waals surface area contributed by atoms with Gasteiger partial charge >= 0.3 is 11.8 Å². The Bertz CT molecular complexity index is 205. The number of amides is 2. The third kappa shape index (κ3) is 1.73. The number of nitrogens with two attached hydrogens (primary N) is 1. The molecule has 1 fully saturated rings. The Balaban J connectivity index is 2.65. The Morgan fingerprint density at radius 1 is 1.67 bits per heavy atom. The van der Waals surface area contributed by atoms with Crippen LogP contribution in [0.3, 0.4) is 0 Å². The van der Waals surface area contributed by atoms with Gasteiger partial charge in [0.15, 0.2) is 0 Å². The molecule has 0 aromatic heterocycles. The zero-order chi connectivity index (χ0) is 9.14. The van der Waals surface area contributed by atoms with E-state index in [9.17, 15) is 9.59 Å². The lowest BCUT2D eigenvalue weighted by molar-refractivity contribution is -0.144. The topological polar surface area (TPSA) is 75.4 Å². The molecule has 1 saturated heterocycles.